The number of esters is 1. The van der Waals surface area contributed by atoms with Crippen LogP contribution >= 0.6 is 0 Å². The number of hydrogen-bond acceptors (Lipinski definition) is 4. The van der Waals surface area contributed by atoms with Crippen LogP contribution < -0.4 is 0 Å². The van der Waals surface area contributed by atoms with Crippen LogP contribution in [0.25, 0.3) is 0 Å². The molecule has 1 aliphatic heterocycles. The molecule has 0 unspecified atom stereocenters. The molecule has 1 aromatic rings. The lowest BCUT2D eigenvalue weighted by atomic mass is 9.86. The number of aliphatic hydroxyl groups is 2. The van der Waals surface area contributed by atoms with Gasteiger partial charge in [0.25, 0.3) is 0 Å². The Labute approximate surface area is 114 Å². The fraction of sp³-hybridized carbons (Fsp3) is 0.417. The van der Waals surface area contributed by atoms with Crippen LogP contribution in [-0.2, 0) is 9.53 Å². The number of aliphatic hydroxyl groups excluding tert-OH is 2. The van der Waals surface area contributed by atoms with Gasteiger partial charge in [-0.3, -0.25) is 0 Å². The van der Waals surface area contributed by atoms with Gasteiger partial charge in [0.15, 0.2) is 29.4 Å². The van der Waals surface area contributed by atoms with Crippen LogP contribution in [0.1, 0.15) is 18.6 Å². The van der Waals surface area contributed by atoms with Crippen LogP contribution in [0.15, 0.2) is 0 Å². The van der Waals surface area contributed by atoms with Crippen LogP contribution in [0, 0.1) is 35.0 Å². The lowest BCUT2D eigenvalue weighted by Gasteiger charge is -2.35. The molecule has 1 heterocycles. The van der Waals surface area contributed by atoms with Gasteiger partial charge in [-0.1, -0.05) is 6.92 Å². The summed E-state index contributed by atoms with van der Waals surface area (Å²) in [7, 11) is 0. The van der Waals surface area contributed by atoms with Crippen molar-refractivity contribution in [1.29, 1.82) is 0 Å². The van der Waals surface area contributed by atoms with Crippen molar-refractivity contribution in [2.24, 2.45) is 5.92 Å². The van der Waals surface area contributed by atoms with Crippen molar-refractivity contribution in [3.63, 3.8) is 0 Å². The molecule has 1 aromatic carbocycles. The fourth-order valence-corrected chi connectivity index (χ4v) is 2.10. The minimum Gasteiger partial charge on any atom is -0.455 e. The molecule has 1 fully saturated rings. The van der Waals surface area contributed by atoms with Crippen LogP contribution in [-0.4, -0.2) is 28.4 Å². The van der Waals surface area contributed by atoms with E-state index in [0.29, 0.717) is 0 Å². The van der Waals surface area contributed by atoms with Gasteiger partial charge in [0.1, 0.15) is 6.10 Å². The first-order valence-electron chi connectivity index (χ1n) is 5.76. The molecule has 0 saturated carbocycles. The Bertz CT molecular complexity index is 577. The summed E-state index contributed by atoms with van der Waals surface area (Å²) in [5, 5.41) is 18.8. The van der Waals surface area contributed by atoms with E-state index >= 15 is 0 Å². The summed E-state index contributed by atoms with van der Waals surface area (Å²) in [5.74, 6) is -13.7. The molecule has 0 radical (unpaired) electrons. The molecule has 0 bridgehead atoms. The molecular formula is C12H9F5O4. The fourth-order valence-electron chi connectivity index (χ4n) is 2.10. The summed E-state index contributed by atoms with van der Waals surface area (Å²) in [4.78, 5) is 11.3. The Kier molecular flexibility index (Phi) is 3.89. The van der Waals surface area contributed by atoms with Gasteiger partial charge < -0.3 is 14.9 Å². The van der Waals surface area contributed by atoms with Crippen molar-refractivity contribution in [3.05, 3.63) is 34.6 Å². The molecule has 0 amide bonds. The first kappa shape index (κ1) is 15.6. The Morgan fingerprint density at radius 3 is 1.81 bits per heavy atom. The zero-order chi connectivity index (χ0) is 16.1. The molecule has 0 spiro atoms. The third kappa shape index (κ3) is 2.26. The molecule has 1 saturated heterocycles. The maximum atomic E-state index is 13.7. The molecular weight excluding hydrogens is 303 g/mol. The van der Waals surface area contributed by atoms with Crippen LogP contribution in [0.3, 0.4) is 0 Å². The summed E-state index contributed by atoms with van der Waals surface area (Å²) in [6.07, 6.45) is -5.65. The minimum atomic E-state index is -2.34. The number of benzene rings is 1. The molecule has 116 valence electrons. The number of cyclic esters (lactones) is 1. The second-order valence-electron chi connectivity index (χ2n) is 4.64. The van der Waals surface area contributed by atoms with E-state index in [4.69, 9.17) is 0 Å². The summed E-state index contributed by atoms with van der Waals surface area (Å²) in [6.45, 7) is 1.13. The average Bonchev–Trinajstić information content (AvgIpc) is 2.46. The third-order valence-corrected chi connectivity index (χ3v) is 3.35. The Morgan fingerprint density at radius 2 is 1.33 bits per heavy atom. The molecule has 4 nitrogen and oxygen atoms in total. The first-order valence-corrected chi connectivity index (χ1v) is 5.76. The van der Waals surface area contributed by atoms with Crippen LogP contribution in [0.4, 0.5) is 22.0 Å². The van der Waals surface area contributed by atoms with Gasteiger partial charge in [0.05, 0.1) is 11.7 Å². The largest absolute Gasteiger partial charge is 0.455 e. The van der Waals surface area contributed by atoms with E-state index in [1.54, 1.807) is 0 Å². The van der Waals surface area contributed by atoms with Crippen LogP contribution in [0.5, 0.6) is 0 Å². The molecule has 1 aliphatic rings. The van der Waals surface area contributed by atoms with Crippen molar-refractivity contribution >= 4 is 5.97 Å². The van der Waals surface area contributed by atoms with Crippen LogP contribution in [0.2, 0.25) is 0 Å². The van der Waals surface area contributed by atoms with E-state index in [-0.39, 0.29) is 0 Å². The van der Waals surface area contributed by atoms with Gasteiger partial charge >= 0.3 is 5.97 Å². The molecule has 0 aromatic heterocycles. The standard InChI is InChI=1S/C12H9F5O4/c1-2-9(18)10(19)12(20)21-11(2)3-4(13)6(15)8(17)7(16)5(3)14/h2,9-11,18-19H,1H3/t2-,9-,10-,11+/m0/s1. The van der Waals surface area contributed by atoms with Crippen molar-refractivity contribution in [2.45, 2.75) is 25.2 Å². The maximum Gasteiger partial charge on any atom is 0.338 e. The quantitative estimate of drug-likeness (QED) is 0.355. The normalized spacial score (nSPS) is 29.4. The highest BCUT2D eigenvalue weighted by atomic mass is 19.2. The number of ether oxygens (including phenoxy) is 1. The monoisotopic (exact) mass is 312 g/mol. The molecule has 2 rings (SSSR count). The Balaban J connectivity index is 2.59. The van der Waals surface area contributed by atoms with Crippen molar-refractivity contribution in [2.75, 3.05) is 0 Å². The van der Waals surface area contributed by atoms with Gasteiger partial charge in [-0.2, -0.15) is 0 Å². The van der Waals surface area contributed by atoms with Gasteiger partial charge in [-0.15, -0.1) is 0 Å². The lowest BCUT2D eigenvalue weighted by Crippen LogP contribution is -2.48. The van der Waals surface area contributed by atoms with E-state index in [0.717, 1.165) is 6.92 Å². The van der Waals surface area contributed by atoms with E-state index in [9.17, 15) is 37.0 Å². The summed E-state index contributed by atoms with van der Waals surface area (Å²) in [5.41, 5.74) is -1.36. The molecule has 4 atom stereocenters. The number of carbonyl (C=O) groups is 1. The molecule has 9 heteroatoms. The number of halogens is 5. The number of hydrogen-bond donors (Lipinski definition) is 2. The van der Waals surface area contributed by atoms with E-state index in [1.165, 1.54) is 0 Å². The predicted molar refractivity (Wildman–Crippen MR) is 56.2 cm³/mol. The van der Waals surface area contributed by atoms with E-state index in [2.05, 4.69) is 4.74 Å². The average molecular weight is 312 g/mol. The topological polar surface area (TPSA) is 66.8 Å². The number of rotatable bonds is 1. The molecule has 2 N–H and O–H groups in total. The first-order chi connectivity index (χ1) is 9.68. The molecule has 0 aliphatic carbocycles. The Hall–Kier alpha value is -1.74. The summed E-state index contributed by atoms with van der Waals surface area (Å²) < 4.78 is 71.0. The smallest absolute Gasteiger partial charge is 0.338 e. The number of carbonyl (C=O) groups excluding carboxylic acids is 1. The maximum absolute atomic E-state index is 13.7. The SMILES string of the molecule is C[C@H]1[C@H](O)[C@H](O)C(=O)O[C@H]1c1c(F)c(F)c(F)c(F)c1F. The van der Waals surface area contributed by atoms with Crippen molar-refractivity contribution in [1.82, 2.24) is 0 Å². The molecule has 21 heavy (non-hydrogen) atoms. The zero-order valence-corrected chi connectivity index (χ0v) is 10.4. The van der Waals surface area contributed by atoms with E-state index in [1.807, 2.05) is 0 Å². The zero-order valence-electron chi connectivity index (χ0n) is 10.4. The summed E-state index contributed by atoms with van der Waals surface area (Å²) in [6, 6.07) is 0. The van der Waals surface area contributed by atoms with Gasteiger partial charge in [-0.25, -0.2) is 26.7 Å². The Morgan fingerprint density at radius 1 is 0.905 bits per heavy atom. The minimum absolute atomic E-state index is 1.13. The highest BCUT2D eigenvalue weighted by molar-refractivity contribution is 5.76. The van der Waals surface area contributed by atoms with Gasteiger partial charge in [0, 0.05) is 5.92 Å². The second-order valence-corrected chi connectivity index (χ2v) is 4.64. The van der Waals surface area contributed by atoms with Gasteiger partial charge in [0.2, 0.25) is 5.82 Å². The van der Waals surface area contributed by atoms with E-state index < -0.39 is 64.8 Å². The second kappa shape index (κ2) is 5.23. The van der Waals surface area contributed by atoms with Crippen molar-refractivity contribution < 1.29 is 41.7 Å². The van der Waals surface area contributed by atoms with Gasteiger partial charge in [-0.05, 0) is 0 Å². The highest BCUT2D eigenvalue weighted by Crippen LogP contribution is 2.38. The summed E-state index contributed by atoms with van der Waals surface area (Å²) >= 11 is 0. The third-order valence-electron chi connectivity index (χ3n) is 3.35. The van der Waals surface area contributed by atoms with Crippen molar-refractivity contribution in [3.8, 4) is 0 Å². The highest BCUT2D eigenvalue weighted by Gasteiger charge is 2.46. The lowest BCUT2D eigenvalue weighted by molar-refractivity contribution is -0.190. The predicted octanol–water partition coefficient (Wildman–Crippen LogP) is 1.34.